The first-order valence-corrected chi connectivity index (χ1v) is 16.4. The SMILES string of the molecule is Cc1cc(C)c(OC(=O)N(Cc2csc(-c3ccccc3)n2)c2ccnc(Nc3ccc(N4CCN(C)C(C)C4)c(F)c3)n2)c(C)c1. The number of rotatable bonds is 8. The fraction of sp³-hybridized carbons (Fsp3) is 0.278. The van der Waals surface area contributed by atoms with Gasteiger partial charge in [-0.25, -0.2) is 19.2 Å². The van der Waals surface area contributed by atoms with Gasteiger partial charge < -0.3 is 19.9 Å². The molecular weight excluding hydrogens is 614 g/mol. The Morgan fingerprint density at radius 2 is 1.81 bits per heavy atom. The molecular formula is C36H38FN7O2S. The summed E-state index contributed by atoms with van der Waals surface area (Å²) < 4.78 is 21.3. The van der Waals surface area contributed by atoms with Crippen molar-refractivity contribution >= 4 is 40.6 Å². The maximum Gasteiger partial charge on any atom is 0.421 e. The molecule has 1 unspecified atom stereocenters. The monoisotopic (exact) mass is 651 g/mol. The summed E-state index contributed by atoms with van der Waals surface area (Å²) in [5.41, 5.74) is 5.55. The number of nitrogens with zero attached hydrogens (tertiary/aromatic N) is 6. The molecule has 242 valence electrons. The zero-order chi connectivity index (χ0) is 33.1. The fourth-order valence-corrected chi connectivity index (χ4v) is 6.58. The predicted molar refractivity (Wildman–Crippen MR) is 186 cm³/mol. The number of nitrogens with one attached hydrogen (secondary N) is 1. The lowest BCUT2D eigenvalue weighted by atomic mass is 10.1. The number of piperazine rings is 1. The Hall–Kier alpha value is -4.87. The quantitative estimate of drug-likeness (QED) is 0.182. The molecule has 47 heavy (non-hydrogen) atoms. The van der Waals surface area contributed by atoms with Gasteiger partial charge in [-0.1, -0.05) is 48.0 Å². The van der Waals surface area contributed by atoms with E-state index in [1.165, 1.54) is 22.3 Å². The van der Waals surface area contributed by atoms with Crippen LogP contribution in [0.3, 0.4) is 0 Å². The molecule has 1 N–H and O–H groups in total. The van der Waals surface area contributed by atoms with Crippen LogP contribution in [-0.4, -0.2) is 58.7 Å². The molecule has 9 nitrogen and oxygen atoms in total. The van der Waals surface area contributed by atoms with Crippen molar-refractivity contribution in [3.63, 3.8) is 0 Å². The average Bonchev–Trinajstić information content (AvgIpc) is 3.52. The largest absolute Gasteiger partial charge is 0.421 e. The normalized spacial score (nSPS) is 15.0. The van der Waals surface area contributed by atoms with Crippen LogP contribution >= 0.6 is 11.3 Å². The summed E-state index contributed by atoms with van der Waals surface area (Å²) in [7, 11) is 2.09. The first-order valence-electron chi connectivity index (χ1n) is 15.6. The third-order valence-corrected chi connectivity index (χ3v) is 9.27. The maximum atomic E-state index is 15.3. The van der Waals surface area contributed by atoms with Crippen LogP contribution in [0.25, 0.3) is 10.6 Å². The Bertz CT molecular complexity index is 1860. The van der Waals surface area contributed by atoms with Gasteiger partial charge in [-0.05, 0) is 70.1 Å². The van der Waals surface area contributed by atoms with E-state index in [9.17, 15) is 4.79 Å². The van der Waals surface area contributed by atoms with Crippen LogP contribution in [0.15, 0.2) is 78.3 Å². The number of aryl methyl sites for hydroxylation is 3. The van der Waals surface area contributed by atoms with Crippen molar-refractivity contribution in [2.75, 3.05) is 41.8 Å². The molecule has 1 amide bonds. The highest BCUT2D eigenvalue weighted by Crippen LogP contribution is 2.30. The zero-order valence-corrected chi connectivity index (χ0v) is 28.0. The van der Waals surface area contributed by atoms with Crippen LogP contribution in [0.1, 0.15) is 29.3 Å². The minimum Gasteiger partial charge on any atom is -0.409 e. The number of hydrogen-bond acceptors (Lipinski definition) is 9. The topological polar surface area (TPSA) is 86.7 Å². The summed E-state index contributed by atoms with van der Waals surface area (Å²) in [6, 6.07) is 20.9. The number of thiazole rings is 1. The number of carbonyl (C=O) groups excluding carboxylic acids is 1. The summed E-state index contributed by atoms with van der Waals surface area (Å²) in [5.74, 6) is 0.709. The van der Waals surface area contributed by atoms with E-state index in [0.717, 1.165) is 46.9 Å². The molecule has 11 heteroatoms. The Balaban J connectivity index is 1.26. The highest BCUT2D eigenvalue weighted by Gasteiger charge is 2.25. The predicted octanol–water partition coefficient (Wildman–Crippen LogP) is 7.75. The number of halogens is 1. The van der Waals surface area contributed by atoms with Crippen molar-refractivity contribution in [1.29, 1.82) is 0 Å². The second-order valence-corrected chi connectivity index (χ2v) is 12.9. The van der Waals surface area contributed by atoms with Gasteiger partial charge in [0.15, 0.2) is 0 Å². The lowest BCUT2D eigenvalue weighted by Gasteiger charge is -2.39. The Morgan fingerprint density at radius 1 is 1.04 bits per heavy atom. The number of likely N-dealkylation sites (N-methyl/N-ethyl adjacent to an activating group) is 1. The van der Waals surface area contributed by atoms with Crippen molar-refractivity contribution in [3.8, 4) is 16.3 Å². The van der Waals surface area contributed by atoms with Crippen molar-refractivity contribution < 1.29 is 13.9 Å². The van der Waals surface area contributed by atoms with E-state index in [1.807, 2.05) is 74.7 Å². The number of anilines is 4. The lowest BCUT2D eigenvalue weighted by Crippen LogP contribution is -2.50. The number of hydrogen-bond donors (Lipinski definition) is 1. The van der Waals surface area contributed by atoms with Gasteiger partial charge in [0.1, 0.15) is 22.4 Å². The van der Waals surface area contributed by atoms with Crippen molar-refractivity contribution in [1.82, 2.24) is 19.9 Å². The fourth-order valence-electron chi connectivity index (χ4n) is 5.76. The number of aromatic nitrogens is 3. The minimum absolute atomic E-state index is 0.120. The van der Waals surface area contributed by atoms with Gasteiger partial charge in [-0.15, -0.1) is 11.3 Å². The molecule has 1 aliphatic rings. The number of amides is 1. The Morgan fingerprint density at radius 3 is 2.53 bits per heavy atom. The summed E-state index contributed by atoms with van der Waals surface area (Å²) in [4.78, 5) is 33.5. The second-order valence-electron chi connectivity index (χ2n) is 12.0. The van der Waals surface area contributed by atoms with E-state index < -0.39 is 6.09 Å². The van der Waals surface area contributed by atoms with Crippen molar-refractivity contribution in [2.24, 2.45) is 0 Å². The molecule has 1 fully saturated rings. The first-order chi connectivity index (χ1) is 22.6. The van der Waals surface area contributed by atoms with E-state index in [-0.39, 0.29) is 18.3 Å². The van der Waals surface area contributed by atoms with E-state index in [1.54, 1.807) is 18.3 Å². The van der Waals surface area contributed by atoms with Crippen molar-refractivity contribution in [2.45, 2.75) is 40.3 Å². The van der Waals surface area contributed by atoms with E-state index in [2.05, 4.69) is 39.1 Å². The van der Waals surface area contributed by atoms with Crippen LogP contribution in [0.2, 0.25) is 0 Å². The molecule has 3 heterocycles. The molecule has 2 aromatic heterocycles. The summed E-state index contributed by atoms with van der Waals surface area (Å²) in [5, 5.41) is 5.88. The molecule has 0 aliphatic carbocycles. The molecule has 0 spiro atoms. The van der Waals surface area contributed by atoms with Gasteiger partial charge >= 0.3 is 6.09 Å². The lowest BCUT2D eigenvalue weighted by molar-refractivity contribution is 0.206. The van der Waals surface area contributed by atoms with Gasteiger partial charge in [-0.2, -0.15) is 4.98 Å². The minimum atomic E-state index is -0.601. The van der Waals surface area contributed by atoms with Gasteiger partial charge in [0.2, 0.25) is 5.95 Å². The van der Waals surface area contributed by atoms with E-state index in [4.69, 9.17) is 9.72 Å². The summed E-state index contributed by atoms with van der Waals surface area (Å²) in [6.45, 7) is 10.5. The van der Waals surface area contributed by atoms with Crippen LogP contribution in [0.5, 0.6) is 5.75 Å². The Labute approximate surface area is 278 Å². The zero-order valence-electron chi connectivity index (χ0n) is 27.2. The third-order valence-electron chi connectivity index (χ3n) is 8.33. The van der Waals surface area contributed by atoms with Gasteiger partial charge in [0, 0.05) is 48.5 Å². The maximum absolute atomic E-state index is 15.3. The molecule has 6 rings (SSSR count). The molecule has 1 saturated heterocycles. The molecule has 0 saturated carbocycles. The summed E-state index contributed by atoms with van der Waals surface area (Å²) in [6.07, 6.45) is 0.955. The highest BCUT2D eigenvalue weighted by molar-refractivity contribution is 7.13. The molecule has 0 radical (unpaired) electrons. The molecule has 0 bridgehead atoms. The Kier molecular flexibility index (Phi) is 9.46. The highest BCUT2D eigenvalue weighted by atomic mass is 32.1. The van der Waals surface area contributed by atoms with Gasteiger partial charge in [0.25, 0.3) is 0 Å². The molecule has 3 aromatic carbocycles. The molecule has 1 atom stereocenters. The third kappa shape index (κ3) is 7.42. The number of carbonyl (C=O) groups is 1. The number of benzene rings is 3. The van der Waals surface area contributed by atoms with Gasteiger partial charge in [0.05, 0.1) is 17.9 Å². The van der Waals surface area contributed by atoms with Gasteiger partial charge in [-0.3, -0.25) is 4.90 Å². The van der Waals surface area contributed by atoms with Crippen LogP contribution in [0, 0.1) is 26.6 Å². The number of ether oxygens (including phenoxy) is 1. The first kappa shape index (κ1) is 32.1. The molecule has 1 aliphatic heterocycles. The smallest absolute Gasteiger partial charge is 0.409 e. The van der Waals surface area contributed by atoms with E-state index >= 15 is 4.39 Å². The van der Waals surface area contributed by atoms with Crippen LogP contribution in [0.4, 0.5) is 32.3 Å². The molecule has 5 aromatic rings. The summed E-state index contributed by atoms with van der Waals surface area (Å²) >= 11 is 1.50. The van der Waals surface area contributed by atoms with Crippen molar-refractivity contribution in [3.05, 3.63) is 107 Å². The standard InChI is InChI=1S/C36H38FN7O2S/c1-23-17-24(2)33(25(3)18-23)46-36(45)44(21-29-22-47-34(39-29)27-9-7-6-8-10-27)32-13-14-38-35(41-32)40-28-11-12-31(30(37)19-28)43-16-15-42(5)26(4)20-43/h6-14,17-19,22,26H,15-16,20-21H2,1-5H3,(H,38,40,41). The second kappa shape index (κ2) is 13.9. The van der Waals surface area contributed by atoms with Crippen LogP contribution < -0.4 is 19.9 Å². The average molecular weight is 652 g/mol. The van der Waals surface area contributed by atoms with E-state index in [0.29, 0.717) is 34.7 Å². The van der Waals surface area contributed by atoms with Crippen LogP contribution in [-0.2, 0) is 6.54 Å².